The Labute approximate surface area is 158 Å². The van der Waals surface area contributed by atoms with E-state index >= 15 is 0 Å². The van der Waals surface area contributed by atoms with Crippen LogP contribution in [0.4, 0.5) is 4.39 Å². The summed E-state index contributed by atoms with van der Waals surface area (Å²) in [6.07, 6.45) is 11.7. The van der Waals surface area contributed by atoms with Gasteiger partial charge >= 0.3 is 0 Å². The van der Waals surface area contributed by atoms with Crippen LogP contribution in [0.15, 0.2) is 49.1 Å². The fourth-order valence-electron chi connectivity index (χ4n) is 4.87. The first-order valence-corrected chi connectivity index (χ1v) is 10.1. The Balaban J connectivity index is 1.38. The van der Waals surface area contributed by atoms with E-state index in [1.165, 1.54) is 24.5 Å². The number of pyridine rings is 1. The molecule has 1 unspecified atom stereocenters. The number of hydrogen-bond acceptors (Lipinski definition) is 2. The highest BCUT2D eigenvalue weighted by Crippen LogP contribution is 2.47. The smallest absolute Gasteiger partial charge is 0.123 e. The standard InChI is InChI=1S/C23H25FN2O/c24-19-3-1-2-18(12-19)15-4-8-17(9-5-15)23(27)22-20(16-6-7-16)10-11-26-14-25-13-21(22)26/h1-3,10-17,23,27H,4-9H2. The molecular weight excluding hydrogens is 339 g/mol. The van der Waals surface area contributed by atoms with Crippen molar-refractivity contribution in [3.63, 3.8) is 0 Å². The number of benzene rings is 1. The largest absolute Gasteiger partial charge is 0.388 e. The van der Waals surface area contributed by atoms with Gasteiger partial charge < -0.3 is 9.51 Å². The molecule has 0 spiro atoms. The van der Waals surface area contributed by atoms with Gasteiger partial charge in [-0.2, -0.15) is 0 Å². The van der Waals surface area contributed by atoms with Gasteiger partial charge in [-0.05, 0) is 85.6 Å². The fraction of sp³-hybridized carbons (Fsp3) is 0.435. The first-order valence-electron chi connectivity index (χ1n) is 10.1. The summed E-state index contributed by atoms with van der Waals surface area (Å²) < 4.78 is 15.6. The highest BCUT2D eigenvalue weighted by atomic mass is 19.1. The molecule has 2 saturated carbocycles. The van der Waals surface area contributed by atoms with Crippen LogP contribution >= 0.6 is 0 Å². The van der Waals surface area contributed by atoms with E-state index in [2.05, 4.69) is 17.2 Å². The molecular formula is C23H25FN2O. The molecule has 140 valence electrons. The molecule has 2 heterocycles. The molecule has 27 heavy (non-hydrogen) atoms. The Kier molecular flexibility index (Phi) is 4.24. The zero-order valence-corrected chi connectivity index (χ0v) is 15.4. The molecule has 2 aliphatic carbocycles. The van der Waals surface area contributed by atoms with Gasteiger partial charge in [-0.1, -0.05) is 12.1 Å². The van der Waals surface area contributed by atoms with E-state index in [1.54, 1.807) is 12.1 Å². The van der Waals surface area contributed by atoms with E-state index in [1.807, 2.05) is 23.0 Å². The van der Waals surface area contributed by atoms with Crippen LogP contribution in [0.3, 0.4) is 0 Å². The second-order valence-corrected chi connectivity index (χ2v) is 8.26. The predicted molar refractivity (Wildman–Crippen MR) is 103 cm³/mol. The van der Waals surface area contributed by atoms with Crippen LogP contribution in [0.1, 0.15) is 73.2 Å². The van der Waals surface area contributed by atoms with E-state index < -0.39 is 6.10 Å². The van der Waals surface area contributed by atoms with E-state index in [0.717, 1.165) is 42.3 Å². The van der Waals surface area contributed by atoms with Crippen LogP contribution in [-0.4, -0.2) is 14.5 Å². The first kappa shape index (κ1) is 16.9. The maximum Gasteiger partial charge on any atom is 0.123 e. The van der Waals surface area contributed by atoms with Gasteiger partial charge in [-0.25, -0.2) is 9.37 Å². The Hall–Kier alpha value is -2.20. The topological polar surface area (TPSA) is 37.5 Å². The van der Waals surface area contributed by atoms with Crippen molar-refractivity contribution in [3.8, 4) is 0 Å². The van der Waals surface area contributed by atoms with Crippen LogP contribution in [0.25, 0.3) is 5.52 Å². The molecule has 0 amide bonds. The number of aliphatic hydroxyl groups excluding tert-OH is 1. The van der Waals surface area contributed by atoms with Crippen LogP contribution in [0.5, 0.6) is 0 Å². The number of imidazole rings is 1. The molecule has 0 saturated heterocycles. The highest BCUT2D eigenvalue weighted by molar-refractivity contribution is 5.59. The van der Waals surface area contributed by atoms with Crippen molar-refractivity contribution in [1.29, 1.82) is 0 Å². The molecule has 0 radical (unpaired) electrons. The Morgan fingerprint density at radius 2 is 1.81 bits per heavy atom. The third-order valence-corrected chi connectivity index (χ3v) is 6.52. The van der Waals surface area contributed by atoms with Gasteiger partial charge in [0, 0.05) is 11.8 Å². The SMILES string of the molecule is OC(c1c(C2CC2)ccn2cncc12)C1CCC(c2cccc(F)c2)CC1. The number of fused-ring (bicyclic) bond motifs is 1. The highest BCUT2D eigenvalue weighted by Gasteiger charge is 2.34. The molecule has 5 rings (SSSR count). The van der Waals surface area contributed by atoms with Gasteiger partial charge in [0.1, 0.15) is 5.82 Å². The van der Waals surface area contributed by atoms with Crippen molar-refractivity contribution in [3.05, 3.63) is 71.6 Å². The fourth-order valence-corrected chi connectivity index (χ4v) is 4.87. The molecule has 1 aromatic carbocycles. The van der Waals surface area contributed by atoms with Crippen molar-refractivity contribution >= 4 is 5.52 Å². The minimum absolute atomic E-state index is 0.156. The lowest BCUT2D eigenvalue weighted by atomic mass is 9.75. The van der Waals surface area contributed by atoms with Crippen LogP contribution in [-0.2, 0) is 0 Å². The molecule has 0 bridgehead atoms. The summed E-state index contributed by atoms with van der Waals surface area (Å²) in [5.74, 6) is 1.10. The Bertz CT molecular complexity index is 954. The first-order chi connectivity index (χ1) is 13.2. The maximum atomic E-state index is 13.5. The minimum Gasteiger partial charge on any atom is -0.388 e. The Morgan fingerprint density at radius 1 is 1.04 bits per heavy atom. The van der Waals surface area contributed by atoms with Crippen molar-refractivity contribution in [2.24, 2.45) is 5.92 Å². The molecule has 1 atom stereocenters. The summed E-state index contributed by atoms with van der Waals surface area (Å²) in [5, 5.41) is 11.3. The lowest BCUT2D eigenvalue weighted by Crippen LogP contribution is -2.21. The van der Waals surface area contributed by atoms with Crippen molar-refractivity contribution in [2.75, 3.05) is 0 Å². The van der Waals surface area contributed by atoms with Crippen molar-refractivity contribution in [1.82, 2.24) is 9.38 Å². The van der Waals surface area contributed by atoms with E-state index in [-0.39, 0.29) is 11.7 Å². The molecule has 2 aliphatic rings. The van der Waals surface area contributed by atoms with E-state index in [0.29, 0.717) is 11.8 Å². The lowest BCUT2D eigenvalue weighted by molar-refractivity contribution is 0.0810. The number of aliphatic hydroxyl groups is 1. The summed E-state index contributed by atoms with van der Waals surface area (Å²) in [4.78, 5) is 4.29. The monoisotopic (exact) mass is 364 g/mol. The summed E-state index contributed by atoms with van der Waals surface area (Å²) in [5.41, 5.74) is 4.54. The molecule has 2 fully saturated rings. The van der Waals surface area contributed by atoms with Crippen LogP contribution in [0.2, 0.25) is 0 Å². The molecule has 2 aromatic heterocycles. The molecule has 4 heteroatoms. The van der Waals surface area contributed by atoms with Gasteiger partial charge in [-0.3, -0.25) is 0 Å². The Morgan fingerprint density at radius 3 is 2.56 bits per heavy atom. The summed E-state index contributed by atoms with van der Waals surface area (Å²) in [6.45, 7) is 0. The number of hydrogen-bond donors (Lipinski definition) is 1. The van der Waals surface area contributed by atoms with Gasteiger partial charge in [0.2, 0.25) is 0 Å². The van der Waals surface area contributed by atoms with Crippen LogP contribution in [0, 0.1) is 11.7 Å². The lowest BCUT2D eigenvalue weighted by Gasteiger charge is -2.33. The van der Waals surface area contributed by atoms with Gasteiger partial charge in [0.15, 0.2) is 0 Å². The predicted octanol–water partition coefficient (Wildman–Crippen LogP) is 5.36. The number of rotatable bonds is 4. The second-order valence-electron chi connectivity index (χ2n) is 8.26. The van der Waals surface area contributed by atoms with E-state index in [4.69, 9.17) is 0 Å². The molecule has 0 aliphatic heterocycles. The summed E-state index contributed by atoms with van der Waals surface area (Å²) in [7, 11) is 0. The summed E-state index contributed by atoms with van der Waals surface area (Å²) >= 11 is 0. The number of aromatic nitrogens is 2. The van der Waals surface area contributed by atoms with Crippen molar-refractivity contribution in [2.45, 2.75) is 56.5 Å². The third-order valence-electron chi connectivity index (χ3n) is 6.52. The normalized spacial score (nSPS) is 24.2. The summed E-state index contributed by atoms with van der Waals surface area (Å²) in [6, 6.07) is 9.17. The number of halogens is 1. The van der Waals surface area contributed by atoms with Crippen molar-refractivity contribution < 1.29 is 9.50 Å². The third kappa shape index (κ3) is 3.16. The zero-order valence-electron chi connectivity index (χ0n) is 15.4. The average molecular weight is 364 g/mol. The van der Waals surface area contributed by atoms with Gasteiger partial charge in [0.05, 0.1) is 24.1 Å². The maximum absolute atomic E-state index is 13.5. The minimum atomic E-state index is -0.450. The molecule has 1 N–H and O–H groups in total. The van der Waals surface area contributed by atoms with Gasteiger partial charge in [-0.15, -0.1) is 0 Å². The number of nitrogens with zero attached hydrogens (tertiary/aromatic N) is 2. The average Bonchev–Trinajstić information content (AvgIpc) is 3.43. The van der Waals surface area contributed by atoms with Gasteiger partial charge in [0.25, 0.3) is 0 Å². The molecule has 3 aromatic rings. The quantitative estimate of drug-likeness (QED) is 0.677. The zero-order chi connectivity index (χ0) is 18.4. The van der Waals surface area contributed by atoms with Crippen LogP contribution < -0.4 is 0 Å². The van der Waals surface area contributed by atoms with E-state index in [9.17, 15) is 9.50 Å². The second kappa shape index (κ2) is 6.75. The molecule has 3 nitrogen and oxygen atoms in total.